The lowest BCUT2D eigenvalue weighted by atomic mass is 10.1. The Balaban J connectivity index is 3.06. The first-order chi connectivity index (χ1) is 6.86. The van der Waals surface area contributed by atoms with Crippen molar-refractivity contribution in [1.29, 1.82) is 0 Å². The number of hydrogen-bond acceptors (Lipinski definition) is 1. The average Bonchev–Trinajstić information content (AvgIpc) is 2.15. The minimum absolute atomic E-state index is 0.0727. The van der Waals surface area contributed by atoms with E-state index in [0.29, 0.717) is 11.0 Å². The zero-order valence-electron chi connectivity index (χ0n) is 9.64. The zero-order chi connectivity index (χ0) is 11.6. The van der Waals surface area contributed by atoms with Gasteiger partial charge in [-0.2, -0.15) is 0 Å². The van der Waals surface area contributed by atoms with E-state index in [2.05, 4.69) is 36.7 Å². The van der Waals surface area contributed by atoms with Crippen LogP contribution in [0, 0.1) is 5.82 Å². The largest absolute Gasteiger partial charge is 0.367 e. The fraction of sp³-hybridized carbons (Fsp3) is 0.500. The van der Waals surface area contributed by atoms with Gasteiger partial charge in [-0.1, -0.05) is 22.0 Å². The summed E-state index contributed by atoms with van der Waals surface area (Å²) in [6.45, 7) is 6.18. The summed E-state index contributed by atoms with van der Waals surface area (Å²) in [5.41, 5.74) is 1.53. The zero-order valence-corrected chi connectivity index (χ0v) is 11.2. The lowest BCUT2D eigenvalue weighted by Gasteiger charge is -2.34. The van der Waals surface area contributed by atoms with Gasteiger partial charge in [-0.05, 0) is 38.5 Å². The van der Waals surface area contributed by atoms with Gasteiger partial charge in [0.25, 0.3) is 0 Å². The van der Waals surface area contributed by atoms with Crippen molar-refractivity contribution in [2.45, 2.75) is 31.6 Å². The van der Waals surface area contributed by atoms with E-state index < -0.39 is 0 Å². The number of benzene rings is 1. The molecular weight excluding hydrogens is 257 g/mol. The summed E-state index contributed by atoms with van der Waals surface area (Å²) in [6, 6.07) is 5.35. The van der Waals surface area contributed by atoms with Crippen molar-refractivity contribution in [2.75, 3.05) is 11.9 Å². The smallest absolute Gasteiger partial charge is 0.146 e. The van der Waals surface area contributed by atoms with Gasteiger partial charge in [0.1, 0.15) is 5.82 Å². The van der Waals surface area contributed by atoms with Crippen LogP contribution in [0.2, 0.25) is 0 Å². The first-order valence-electron chi connectivity index (χ1n) is 4.94. The van der Waals surface area contributed by atoms with Crippen LogP contribution in [-0.4, -0.2) is 12.6 Å². The van der Waals surface area contributed by atoms with Crippen molar-refractivity contribution < 1.29 is 4.39 Å². The Bertz CT molecular complexity index is 344. The maximum atomic E-state index is 13.8. The highest BCUT2D eigenvalue weighted by Gasteiger charge is 2.20. The third kappa shape index (κ3) is 2.94. The molecule has 0 heterocycles. The molecule has 0 fully saturated rings. The molecule has 84 valence electrons. The molecule has 0 saturated carbocycles. The molecule has 0 amide bonds. The predicted octanol–water partition coefficient (Wildman–Crippen LogP) is 3.96. The van der Waals surface area contributed by atoms with Gasteiger partial charge in [-0.3, -0.25) is 0 Å². The van der Waals surface area contributed by atoms with E-state index in [1.807, 2.05) is 24.1 Å². The summed E-state index contributed by atoms with van der Waals surface area (Å²) in [4.78, 5) is 1.94. The monoisotopic (exact) mass is 273 g/mol. The molecule has 0 unspecified atom stereocenters. The molecule has 1 rings (SSSR count). The second-order valence-corrected chi connectivity index (χ2v) is 5.21. The molecule has 15 heavy (non-hydrogen) atoms. The quantitative estimate of drug-likeness (QED) is 0.738. The summed E-state index contributed by atoms with van der Waals surface area (Å²) >= 11 is 3.31. The van der Waals surface area contributed by atoms with Gasteiger partial charge in [-0.25, -0.2) is 4.39 Å². The first-order valence-corrected chi connectivity index (χ1v) is 6.06. The van der Waals surface area contributed by atoms with Crippen LogP contribution < -0.4 is 4.90 Å². The van der Waals surface area contributed by atoms with E-state index in [1.54, 1.807) is 6.07 Å². The lowest BCUT2D eigenvalue weighted by Crippen LogP contribution is -2.38. The number of rotatable bonds is 2. The van der Waals surface area contributed by atoms with Crippen molar-refractivity contribution in [3.8, 4) is 0 Å². The fourth-order valence-electron chi connectivity index (χ4n) is 1.27. The van der Waals surface area contributed by atoms with E-state index >= 15 is 0 Å². The Morgan fingerprint density at radius 1 is 1.33 bits per heavy atom. The molecule has 0 saturated heterocycles. The number of nitrogens with zero attached hydrogens (tertiary/aromatic N) is 1. The molecule has 0 aliphatic heterocycles. The molecule has 1 nitrogen and oxygen atoms in total. The maximum Gasteiger partial charge on any atom is 0.146 e. The lowest BCUT2D eigenvalue weighted by molar-refractivity contribution is 0.522. The van der Waals surface area contributed by atoms with E-state index in [-0.39, 0.29) is 11.4 Å². The standard InChI is InChI=1S/C12H17BrFN/c1-12(2,3)15(4)11-6-5-9(8-13)7-10(11)14/h5-7H,8H2,1-4H3. The SMILES string of the molecule is CN(c1ccc(CBr)cc1F)C(C)(C)C. The van der Waals surface area contributed by atoms with Gasteiger partial charge >= 0.3 is 0 Å². The number of alkyl halides is 1. The highest BCUT2D eigenvalue weighted by Crippen LogP contribution is 2.26. The van der Waals surface area contributed by atoms with Crippen molar-refractivity contribution in [1.82, 2.24) is 0 Å². The van der Waals surface area contributed by atoms with Crippen LogP contribution in [0.15, 0.2) is 18.2 Å². The minimum Gasteiger partial charge on any atom is -0.367 e. The highest BCUT2D eigenvalue weighted by atomic mass is 79.9. The van der Waals surface area contributed by atoms with Crippen LogP contribution in [0.3, 0.4) is 0 Å². The molecule has 0 N–H and O–H groups in total. The van der Waals surface area contributed by atoms with Crippen LogP contribution in [0.1, 0.15) is 26.3 Å². The van der Waals surface area contributed by atoms with Gasteiger partial charge in [0.15, 0.2) is 0 Å². The van der Waals surface area contributed by atoms with Crippen molar-refractivity contribution in [3.05, 3.63) is 29.6 Å². The van der Waals surface area contributed by atoms with Crippen LogP contribution in [0.25, 0.3) is 0 Å². The van der Waals surface area contributed by atoms with Gasteiger partial charge in [-0.15, -0.1) is 0 Å². The summed E-state index contributed by atoms with van der Waals surface area (Å²) < 4.78 is 13.8. The van der Waals surface area contributed by atoms with Gasteiger partial charge in [0.05, 0.1) is 5.69 Å². The third-order valence-corrected chi connectivity index (χ3v) is 3.18. The maximum absolute atomic E-state index is 13.8. The normalized spacial score (nSPS) is 11.6. The molecule has 0 radical (unpaired) electrons. The van der Waals surface area contributed by atoms with E-state index in [9.17, 15) is 4.39 Å². The second-order valence-electron chi connectivity index (χ2n) is 4.65. The number of anilines is 1. The predicted molar refractivity (Wildman–Crippen MR) is 67.2 cm³/mol. The number of halogens is 2. The summed E-state index contributed by atoms with van der Waals surface area (Å²) in [7, 11) is 1.91. The van der Waals surface area contributed by atoms with Crippen molar-refractivity contribution in [3.63, 3.8) is 0 Å². The van der Waals surface area contributed by atoms with E-state index in [4.69, 9.17) is 0 Å². The van der Waals surface area contributed by atoms with Gasteiger partial charge in [0.2, 0.25) is 0 Å². The van der Waals surface area contributed by atoms with Crippen molar-refractivity contribution in [2.24, 2.45) is 0 Å². The summed E-state index contributed by atoms with van der Waals surface area (Å²) in [5, 5.41) is 0.684. The Morgan fingerprint density at radius 3 is 2.33 bits per heavy atom. The summed E-state index contributed by atoms with van der Waals surface area (Å²) in [6.07, 6.45) is 0. The molecule has 0 aromatic heterocycles. The molecule has 0 aliphatic carbocycles. The molecular formula is C12H17BrFN. The van der Waals surface area contributed by atoms with Crippen LogP contribution in [0.4, 0.5) is 10.1 Å². The molecule has 0 atom stereocenters. The molecule has 1 aromatic rings. The number of hydrogen-bond donors (Lipinski definition) is 0. The molecule has 0 spiro atoms. The Morgan fingerprint density at radius 2 is 1.93 bits per heavy atom. The molecule has 0 bridgehead atoms. The highest BCUT2D eigenvalue weighted by molar-refractivity contribution is 9.08. The minimum atomic E-state index is -0.163. The Labute approximate surface area is 99.4 Å². The van der Waals surface area contributed by atoms with Crippen LogP contribution in [0.5, 0.6) is 0 Å². The van der Waals surface area contributed by atoms with Gasteiger partial charge < -0.3 is 4.90 Å². The van der Waals surface area contributed by atoms with E-state index in [1.165, 1.54) is 0 Å². The second kappa shape index (κ2) is 4.52. The first kappa shape index (κ1) is 12.5. The topological polar surface area (TPSA) is 3.24 Å². The third-order valence-electron chi connectivity index (χ3n) is 2.53. The van der Waals surface area contributed by atoms with E-state index in [0.717, 1.165) is 5.56 Å². The van der Waals surface area contributed by atoms with Crippen molar-refractivity contribution >= 4 is 21.6 Å². The fourth-order valence-corrected chi connectivity index (χ4v) is 1.62. The average molecular weight is 274 g/mol. The Hall–Kier alpha value is -0.570. The molecule has 1 aromatic carbocycles. The van der Waals surface area contributed by atoms with Crippen LogP contribution in [-0.2, 0) is 5.33 Å². The van der Waals surface area contributed by atoms with Crippen LogP contribution >= 0.6 is 15.9 Å². The molecule has 0 aliphatic rings. The molecule has 3 heteroatoms. The Kier molecular flexibility index (Phi) is 3.77. The summed E-state index contributed by atoms with van der Waals surface area (Å²) in [5.74, 6) is -0.163. The van der Waals surface area contributed by atoms with Gasteiger partial charge in [0, 0.05) is 17.9 Å².